The first kappa shape index (κ1) is 20.1. The van der Waals surface area contributed by atoms with Crippen LogP contribution >= 0.6 is 0 Å². The number of nitrogens with zero attached hydrogens (tertiary/aromatic N) is 4. The average molecular weight is 386 g/mol. The second-order valence-electron chi connectivity index (χ2n) is 6.53. The molecule has 4 nitrogen and oxygen atoms in total. The number of aliphatic imine (C=N–C) groups is 1. The van der Waals surface area contributed by atoms with Crippen molar-refractivity contribution >= 4 is 17.6 Å². The zero-order chi connectivity index (χ0) is 20.6. The highest BCUT2D eigenvalue weighted by atomic mass is 19.1. The summed E-state index contributed by atoms with van der Waals surface area (Å²) in [5, 5.41) is 0. The second-order valence-corrected chi connectivity index (χ2v) is 6.53. The van der Waals surface area contributed by atoms with Gasteiger partial charge in [0.25, 0.3) is 0 Å². The van der Waals surface area contributed by atoms with E-state index < -0.39 is 0 Å². The van der Waals surface area contributed by atoms with Crippen LogP contribution in [0.1, 0.15) is 13.8 Å². The molecule has 0 amide bonds. The summed E-state index contributed by atoms with van der Waals surface area (Å²) >= 11 is 0. The summed E-state index contributed by atoms with van der Waals surface area (Å²) in [6, 6.07) is 14.3. The second kappa shape index (κ2) is 9.55. The molecule has 0 fully saturated rings. The molecule has 0 atom stereocenters. The van der Waals surface area contributed by atoms with Crippen molar-refractivity contribution in [1.82, 2.24) is 9.97 Å². The molecule has 0 aliphatic rings. The topological polar surface area (TPSA) is 41.4 Å². The lowest BCUT2D eigenvalue weighted by Gasteiger charge is -2.26. The van der Waals surface area contributed by atoms with Crippen LogP contribution in [-0.4, -0.2) is 22.7 Å². The van der Waals surface area contributed by atoms with E-state index >= 15 is 0 Å². The predicted molar refractivity (Wildman–Crippen MR) is 118 cm³/mol. The first-order valence-electron chi connectivity index (χ1n) is 9.31. The number of anilines is 2. The molecule has 0 aliphatic heterocycles. The molecule has 0 saturated heterocycles. The van der Waals surface area contributed by atoms with Crippen LogP contribution in [0, 0.1) is 5.82 Å². The standard InChI is InChI=1S/C24H23FN4/c1-4-26-16-18(2)14-19(3)29(22-10-8-21(25)9-11-22)23-7-5-6-20(15-23)24-17-27-12-13-28-24/h4-15,17H,3,16H2,1-2H3. The van der Waals surface area contributed by atoms with Crippen LogP contribution in [0.2, 0.25) is 0 Å². The van der Waals surface area contributed by atoms with Gasteiger partial charge in [0.2, 0.25) is 0 Å². The summed E-state index contributed by atoms with van der Waals surface area (Å²) in [5.41, 5.74) is 5.26. The Labute approximate surface area is 170 Å². The van der Waals surface area contributed by atoms with Gasteiger partial charge >= 0.3 is 0 Å². The third kappa shape index (κ3) is 5.23. The number of halogens is 1. The van der Waals surface area contributed by atoms with E-state index in [-0.39, 0.29) is 5.82 Å². The molecule has 0 saturated carbocycles. The van der Waals surface area contributed by atoms with Gasteiger partial charge in [-0.2, -0.15) is 0 Å². The number of hydrogen-bond donors (Lipinski definition) is 0. The summed E-state index contributed by atoms with van der Waals surface area (Å²) in [4.78, 5) is 14.8. The lowest BCUT2D eigenvalue weighted by molar-refractivity contribution is 0.628. The molecule has 0 aliphatic carbocycles. The molecule has 1 heterocycles. The lowest BCUT2D eigenvalue weighted by Crippen LogP contribution is -2.15. The zero-order valence-electron chi connectivity index (χ0n) is 16.6. The smallest absolute Gasteiger partial charge is 0.123 e. The molecular formula is C24H23FN4. The van der Waals surface area contributed by atoms with Crippen molar-refractivity contribution in [3.63, 3.8) is 0 Å². The van der Waals surface area contributed by atoms with Crippen LogP contribution in [0.5, 0.6) is 0 Å². The van der Waals surface area contributed by atoms with Gasteiger partial charge in [0.05, 0.1) is 18.4 Å². The van der Waals surface area contributed by atoms with Crippen molar-refractivity contribution in [3.8, 4) is 11.3 Å². The van der Waals surface area contributed by atoms with Gasteiger partial charge in [-0.1, -0.05) is 18.7 Å². The van der Waals surface area contributed by atoms with E-state index in [4.69, 9.17) is 0 Å². The molecule has 3 rings (SSSR count). The van der Waals surface area contributed by atoms with Gasteiger partial charge in [0.15, 0.2) is 0 Å². The fourth-order valence-corrected chi connectivity index (χ4v) is 2.95. The molecular weight excluding hydrogens is 363 g/mol. The number of aromatic nitrogens is 2. The predicted octanol–water partition coefficient (Wildman–Crippen LogP) is 5.97. The van der Waals surface area contributed by atoms with Crippen LogP contribution in [0.4, 0.5) is 15.8 Å². The van der Waals surface area contributed by atoms with E-state index in [0.29, 0.717) is 6.54 Å². The summed E-state index contributed by atoms with van der Waals surface area (Å²) in [7, 11) is 0. The Hall–Kier alpha value is -3.60. The highest BCUT2D eigenvalue weighted by Crippen LogP contribution is 2.32. The molecule has 0 N–H and O–H groups in total. The van der Waals surface area contributed by atoms with Crippen LogP contribution in [0.15, 0.2) is 96.0 Å². The summed E-state index contributed by atoms with van der Waals surface area (Å²) < 4.78 is 13.5. The largest absolute Gasteiger partial charge is 0.311 e. The van der Waals surface area contributed by atoms with E-state index in [9.17, 15) is 4.39 Å². The lowest BCUT2D eigenvalue weighted by atomic mass is 10.1. The monoisotopic (exact) mass is 386 g/mol. The first-order valence-corrected chi connectivity index (χ1v) is 9.31. The molecule has 0 spiro atoms. The third-order valence-electron chi connectivity index (χ3n) is 4.27. The number of rotatable bonds is 7. The van der Waals surface area contributed by atoms with E-state index in [0.717, 1.165) is 33.9 Å². The number of benzene rings is 2. The minimum absolute atomic E-state index is 0.281. The quantitative estimate of drug-likeness (QED) is 0.371. The van der Waals surface area contributed by atoms with Gasteiger partial charge in [-0.05, 0) is 68.1 Å². The van der Waals surface area contributed by atoms with Crippen molar-refractivity contribution in [1.29, 1.82) is 0 Å². The van der Waals surface area contributed by atoms with Gasteiger partial charge in [-0.15, -0.1) is 0 Å². The molecule has 29 heavy (non-hydrogen) atoms. The Kier molecular flexibility index (Phi) is 6.63. The van der Waals surface area contributed by atoms with Crippen molar-refractivity contribution in [2.45, 2.75) is 13.8 Å². The minimum atomic E-state index is -0.281. The van der Waals surface area contributed by atoms with Crippen molar-refractivity contribution in [3.05, 3.63) is 96.9 Å². The molecule has 1 aromatic heterocycles. The Morgan fingerprint density at radius 3 is 2.62 bits per heavy atom. The molecule has 0 unspecified atom stereocenters. The van der Waals surface area contributed by atoms with Crippen molar-refractivity contribution in [2.24, 2.45) is 4.99 Å². The Balaban J connectivity index is 2.04. The Bertz CT molecular complexity index is 1020. The zero-order valence-corrected chi connectivity index (χ0v) is 16.6. The normalized spacial score (nSPS) is 11.6. The molecule has 5 heteroatoms. The third-order valence-corrected chi connectivity index (χ3v) is 4.27. The van der Waals surface area contributed by atoms with E-state index in [1.807, 2.05) is 49.1 Å². The minimum Gasteiger partial charge on any atom is -0.311 e. The first-order chi connectivity index (χ1) is 14.1. The molecule has 0 radical (unpaired) electrons. The summed E-state index contributed by atoms with van der Waals surface area (Å²) in [6.07, 6.45) is 8.81. The molecule has 3 aromatic rings. The summed E-state index contributed by atoms with van der Waals surface area (Å²) in [5.74, 6) is -0.281. The number of allylic oxidation sites excluding steroid dienone is 1. The highest BCUT2D eigenvalue weighted by molar-refractivity contribution is 5.74. The molecule has 0 bridgehead atoms. The van der Waals surface area contributed by atoms with Gasteiger partial charge in [0.1, 0.15) is 5.82 Å². The maximum Gasteiger partial charge on any atom is 0.123 e. The maximum atomic E-state index is 13.5. The van der Waals surface area contributed by atoms with E-state index in [1.54, 1.807) is 36.9 Å². The highest BCUT2D eigenvalue weighted by Gasteiger charge is 2.13. The Morgan fingerprint density at radius 1 is 1.14 bits per heavy atom. The SMILES string of the molecule is C=C(C=C(C)CN=CC)N(c1ccc(F)cc1)c1cccc(-c2cnccn2)c1. The van der Waals surface area contributed by atoms with Crippen LogP contribution in [0.25, 0.3) is 11.3 Å². The van der Waals surface area contributed by atoms with Gasteiger partial charge in [-0.25, -0.2) is 4.39 Å². The summed E-state index contributed by atoms with van der Waals surface area (Å²) in [6.45, 7) is 8.76. The van der Waals surface area contributed by atoms with E-state index in [2.05, 4.69) is 21.5 Å². The van der Waals surface area contributed by atoms with E-state index in [1.165, 1.54) is 12.1 Å². The van der Waals surface area contributed by atoms with Crippen LogP contribution < -0.4 is 4.90 Å². The van der Waals surface area contributed by atoms with Gasteiger partial charge < -0.3 is 4.90 Å². The van der Waals surface area contributed by atoms with Gasteiger partial charge in [-0.3, -0.25) is 15.0 Å². The van der Waals surface area contributed by atoms with Crippen molar-refractivity contribution < 1.29 is 4.39 Å². The number of hydrogen-bond acceptors (Lipinski definition) is 4. The average Bonchev–Trinajstić information content (AvgIpc) is 2.74. The van der Waals surface area contributed by atoms with Crippen LogP contribution in [-0.2, 0) is 0 Å². The molecule has 2 aromatic carbocycles. The Morgan fingerprint density at radius 2 is 1.93 bits per heavy atom. The van der Waals surface area contributed by atoms with Gasteiger partial charge in [0, 0.05) is 35.0 Å². The van der Waals surface area contributed by atoms with Crippen LogP contribution in [0.3, 0.4) is 0 Å². The fourth-order valence-electron chi connectivity index (χ4n) is 2.95. The van der Waals surface area contributed by atoms with Crippen molar-refractivity contribution in [2.75, 3.05) is 11.4 Å². The maximum absolute atomic E-state index is 13.5. The molecule has 146 valence electrons. The fraction of sp³-hybridized carbons (Fsp3) is 0.125.